The summed E-state index contributed by atoms with van der Waals surface area (Å²) in [6.07, 6.45) is 8.77. The molecule has 1 aliphatic rings. The van der Waals surface area contributed by atoms with E-state index in [0.717, 1.165) is 65.9 Å². The second kappa shape index (κ2) is 10.3. The lowest BCUT2D eigenvalue weighted by molar-refractivity contribution is -0.126. The van der Waals surface area contributed by atoms with Gasteiger partial charge in [0.2, 0.25) is 5.91 Å². The third-order valence-corrected chi connectivity index (χ3v) is 6.67. The zero-order valence-corrected chi connectivity index (χ0v) is 20.8. The zero-order chi connectivity index (χ0) is 25.1. The van der Waals surface area contributed by atoms with Crippen molar-refractivity contribution in [1.29, 1.82) is 0 Å². The number of H-pyrrole nitrogens is 1. The van der Waals surface area contributed by atoms with E-state index in [2.05, 4.69) is 30.9 Å². The average molecular weight is 486 g/mol. The normalized spacial score (nSPS) is 18.5. The Morgan fingerprint density at radius 2 is 1.94 bits per heavy atom. The molecule has 10 nitrogen and oxygen atoms in total. The molecular weight excluding hydrogens is 454 g/mol. The van der Waals surface area contributed by atoms with Crippen LogP contribution in [0.15, 0.2) is 48.9 Å². The molecule has 36 heavy (non-hydrogen) atoms. The van der Waals surface area contributed by atoms with Gasteiger partial charge in [-0.05, 0) is 64.2 Å². The number of nitrogens with zero attached hydrogens (tertiary/aromatic N) is 6. The first kappa shape index (κ1) is 23.7. The molecule has 4 heterocycles. The Kier molecular flexibility index (Phi) is 6.75. The van der Waals surface area contributed by atoms with Crippen LogP contribution in [-0.4, -0.2) is 40.8 Å². The quantitative estimate of drug-likeness (QED) is 0.356. The number of pyridine rings is 1. The van der Waals surface area contributed by atoms with Crippen molar-refractivity contribution in [3.05, 3.63) is 71.7 Å². The van der Waals surface area contributed by atoms with E-state index in [-0.39, 0.29) is 23.8 Å². The number of nitrogens with one attached hydrogen (secondary N) is 3. The van der Waals surface area contributed by atoms with Crippen molar-refractivity contribution in [3.63, 3.8) is 0 Å². The Balaban J connectivity index is 1.16. The van der Waals surface area contributed by atoms with Gasteiger partial charge in [-0.25, -0.2) is 19.6 Å². The van der Waals surface area contributed by atoms with E-state index in [1.165, 1.54) is 0 Å². The number of aromatic amines is 1. The molecule has 3 N–H and O–H groups in total. The summed E-state index contributed by atoms with van der Waals surface area (Å²) in [7, 11) is 0. The Morgan fingerprint density at radius 1 is 1.11 bits per heavy atom. The molecule has 0 aromatic carbocycles. The zero-order valence-electron chi connectivity index (χ0n) is 20.8. The summed E-state index contributed by atoms with van der Waals surface area (Å²) >= 11 is 0. The molecule has 4 aromatic rings. The fourth-order valence-electron chi connectivity index (χ4n) is 4.67. The minimum Gasteiger partial charge on any atom is -0.349 e. The highest BCUT2D eigenvalue weighted by molar-refractivity contribution is 5.79. The van der Waals surface area contributed by atoms with Gasteiger partial charge in [0, 0.05) is 53.9 Å². The molecule has 0 saturated heterocycles. The van der Waals surface area contributed by atoms with Gasteiger partial charge in [0.05, 0.1) is 6.04 Å². The van der Waals surface area contributed by atoms with Crippen molar-refractivity contribution in [2.45, 2.75) is 58.4 Å². The molecule has 1 saturated carbocycles. The van der Waals surface area contributed by atoms with Crippen LogP contribution in [0.2, 0.25) is 0 Å². The van der Waals surface area contributed by atoms with E-state index in [4.69, 9.17) is 9.97 Å². The summed E-state index contributed by atoms with van der Waals surface area (Å²) in [5, 5.41) is 17.8. The summed E-state index contributed by atoms with van der Waals surface area (Å²) in [5.41, 5.74) is 2.86. The van der Waals surface area contributed by atoms with Gasteiger partial charge in [0.15, 0.2) is 11.6 Å². The number of aromatic nitrogens is 7. The van der Waals surface area contributed by atoms with Crippen molar-refractivity contribution in [2.24, 2.45) is 5.92 Å². The van der Waals surface area contributed by atoms with Crippen LogP contribution in [0.1, 0.15) is 67.3 Å². The predicted molar refractivity (Wildman–Crippen MR) is 136 cm³/mol. The maximum atomic E-state index is 13.0. The standard InChI is InChI=1S/C26H31N9O/c1-16-13-22(31-23-14-17(2)33-34-23)32-25(29-16)19-5-7-20(8-6-19)26(36)30-18(3)21-9-10-24(27-15-21)35-12-4-11-28-35/h4,9-15,18-20H,5-8H2,1-3H3,(H,30,36)(H2,29,31,32,33,34)/t18-,19-,20-/m0/s1. The van der Waals surface area contributed by atoms with Crippen molar-refractivity contribution in [1.82, 2.24) is 40.2 Å². The number of amides is 1. The van der Waals surface area contributed by atoms with Gasteiger partial charge < -0.3 is 10.6 Å². The highest BCUT2D eigenvalue weighted by Crippen LogP contribution is 2.35. The molecule has 0 bridgehead atoms. The number of hydrogen-bond acceptors (Lipinski definition) is 7. The van der Waals surface area contributed by atoms with E-state index in [0.29, 0.717) is 0 Å². The molecule has 0 unspecified atom stereocenters. The SMILES string of the molecule is Cc1cc(Nc2cc(C)[nH]n2)nc([C@H]2CC[C@H](C(=O)N[C@@H](C)c3ccc(-n4cccn4)nc3)CC2)n1. The number of carbonyl (C=O) groups is 1. The minimum absolute atomic E-state index is 0.00515. The van der Waals surface area contributed by atoms with Crippen LogP contribution in [0.3, 0.4) is 0 Å². The van der Waals surface area contributed by atoms with E-state index < -0.39 is 0 Å². The summed E-state index contributed by atoms with van der Waals surface area (Å²) in [6.45, 7) is 5.92. The number of rotatable bonds is 7. The monoisotopic (exact) mass is 485 g/mol. The van der Waals surface area contributed by atoms with Crippen molar-refractivity contribution < 1.29 is 4.79 Å². The highest BCUT2D eigenvalue weighted by atomic mass is 16.1. The molecule has 1 atom stereocenters. The van der Waals surface area contributed by atoms with Crippen LogP contribution in [0, 0.1) is 19.8 Å². The fourth-order valence-corrected chi connectivity index (χ4v) is 4.67. The van der Waals surface area contributed by atoms with Crippen LogP contribution >= 0.6 is 0 Å². The second-order valence-electron chi connectivity index (χ2n) is 9.49. The second-order valence-corrected chi connectivity index (χ2v) is 9.49. The lowest BCUT2D eigenvalue weighted by Crippen LogP contribution is -2.34. The number of aryl methyl sites for hydroxylation is 2. The summed E-state index contributed by atoms with van der Waals surface area (Å²) < 4.78 is 1.71. The first-order chi connectivity index (χ1) is 17.4. The lowest BCUT2D eigenvalue weighted by atomic mass is 9.81. The first-order valence-corrected chi connectivity index (χ1v) is 12.4. The average Bonchev–Trinajstić information content (AvgIpc) is 3.56. The van der Waals surface area contributed by atoms with Crippen LogP contribution < -0.4 is 10.6 Å². The van der Waals surface area contributed by atoms with Gasteiger partial charge in [-0.2, -0.15) is 10.2 Å². The topological polar surface area (TPSA) is 126 Å². The first-order valence-electron chi connectivity index (χ1n) is 12.4. The van der Waals surface area contributed by atoms with Gasteiger partial charge in [0.1, 0.15) is 11.6 Å². The third kappa shape index (κ3) is 5.42. The largest absolute Gasteiger partial charge is 0.349 e. The highest BCUT2D eigenvalue weighted by Gasteiger charge is 2.29. The van der Waals surface area contributed by atoms with Crippen LogP contribution in [0.5, 0.6) is 0 Å². The van der Waals surface area contributed by atoms with Gasteiger partial charge in [0.25, 0.3) is 0 Å². The molecule has 5 rings (SSSR count). The maximum absolute atomic E-state index is 13.0. The molecule has 4 aromatic heterocycles. The molecule has 1 aliphatic carbocycles. The third-order valence-electron chi connectivity index (χ3n) is 6.67. The summed E-state index contributed by atoms with van der Waals surface area (Å²) in [6, 6.07) is 9.49. The van der Waals surface area contributed by atoms with Gasteiger partial charge >= 0.3 is 0 Å². The molecule has 0 radical (unpaired) electrons. The van der Waals surface area contributed by atoms with E-state index in [1.807, 2.05) is 57.3 Å². The van der Waals surface area contributed by atoms with Crippen molar-refractivity contribution in [3.8, 4) is 5.82 Å². The van der Waals surface area contributed by atoms with Crippen LogP contribution in [0.4, 0.5) is 11.6 Å². The maximum Gasteiger partial charge on any atom is 0.223 e. The van der Waals surface area contributed by atoms with Gasteiger partial charge in [-0.15, -0.1) is 0 Å². The van der Waals surface area contributed by atoms with Gasteiger partial charge in [-0.1, -0.05) is 6.07 Å². The smallest absolute Gasteiger partial charge is 0.223 e. The van der Waals surface area contributed by atoms with Crippen molar-refractivity contribution in [2.75, 3.05) is 5.32 Å². The predicted octanol–water partition coefficient (Wildman–Crippen LogP) is 4.29. The Labute approximate surface area is 210 Å². The van der Waals surface area contributed by atoms with Crippen molar-refractivity contribution >= 4 is 17.5 Å². The summed E-state index contributed by atoms with van der Waals surface area (Å²) in [5.74, 6) is 3.39. The fraction of sp³-hybridized carbons (Fsp3) is 0.385. The van der Waals surface area contributed by atoms with E-state index in [9.17, 15) is 4.79 Å². The van der Waals surface area contributed by atoms with E-state index >= 15 is 0 Å². The Bertz CT molecular complexity index is 1310. The Morgan fingerprint density at radius 3 is 2.61 bits per heavy atom. The minimum atomic E-state index is -0.117. The number of hydrogen-bond donors (Lipinski definition) is 3. The Hall–Kier alpha value is -4.08. The molecule has 10 heteroatoms. The van der Waals surface area contributed by atoms with E-state index in [1.54, 1.807) is 17.1 Å². The number of carbonyl (C=O) groups excluding carboxylic acids is 1. The van der Waals surface area contributed by atoms with Crippen LogP contribution in [0.25, 0.3) is 5.82 Å². The molecule has 0 aliphatic heterocycles. The summed E-state index contributed by atoms with van der Waals surface area (Å²) in [4.78, 5) is 26.9. The van der Waals surface area contributed by atoms with Crippen LogP contribution in [-0.2, 0) is 4.79 Å². The van der Waals surface area contributed by atoms with Gasteiger partial charge in [-0.3, -0.25) is 9.89 Å². The molecule has 0 spiro atoms. The molecule has 186 valence electrons. The molecule has 1 fully saturated rings. The lowest BCUT2D eigenvalue weighted by Gasteiger charge is -2.28. The molecule has 1 amide bonds. The number of anilines is 2. The molecular formula is C26H31N9O.